The summed E-state index contributed by atoms with van der Waals surface area (Å²) < 4.78 is 32.7. The molecule has 0 bridgehead atoms. The van der Waals surface area contributed by atoms with Gasteiger partial charge in [-0.1, -0.05) is 65.1 Å². The molecule has 4 rings (SSSR count). The summed E-state index contributed by atoms with van der Waals surface area (Å²) in [4.78, 5) is 25.0. The maximum atomic E-state index is 12.7. The fraction of sp³-hybridized carbons (Fsp3) is 0.417. The molecule has 2 aliphatic rings. The molecular weight excluding hydrogens is 572 g/mol. The van der Waals surface area contributed by atoms with E-state index in [1.165, 1.54) is 7.11 Å². The topological polar surface area (TPSA) is 102 Å². The molecule has 2 aromatic rings. The minimum Gasteiger partial charge on any atom is -0.497 e. The summed E-state index contributed by atoms with van der Waals surface area (Å²) in [6.45, 7) is 0.0761. The van der Waals surface area contributed by atoms with Gasteiger partial charge in [-0.2, -0.15) is 0 Å². The fourth-order valence-corrected chi connectivity index (χ4v) is 4.18. The number of rotatable bonds is 7. The summed E-state index contributed by atoms with van der Waals surface area (Å²) in [6, 6.07) is 14.6. The SMILES string of the molecule is COc1ccc(O[C@H]2O[C@@H]3COC(c4ccccc4)O[C@H]3[C@H](OC(=O)CCl)[C@H]2NC(=O)C(Cl)(Cl)Cl)cc1. The van der Waals surface area contributed by atoms with Gasteiger partial charge in [-0.25, -0.2) is 0 Å². The van der Waals surface area contributed by atoms with Crippen LogP contribution >= 0.6 is 46.4 Å². The molecule has 0 aromatic heterocycles. The molecule has 0 saturated carbocycles. The molecule has 2 aliphatic heterocycles. The average molecular weight is 595 g/mol. The van der Waals surface area contributed by atoms with E-state index < -0.39 is 58.5 Å². The minimum atomic E-state index is -2.31. The third kappa shape index (κ3) is 6.92. The quantitative estimate of drug-likeness (QED) is 0.380. The molecule has 13 heteroatoms. The van der Waals surface area contributed by atoms with E-state index in [1.54, 1.807) is 24.3 Å². The van der Waals surface area contributed by atoms with Gasteiger partial charge in [0.2, 0.25) is 6.29 Å². The molecule has 1 unspecified atom stereocenters. The lowest BCUT2D eigenvalue weighted by molar-refractivity contribution is -0.334. The first-order valence-electron chi connectivity index (χ1n) is 11.1. The molecule has 6 atom stereocenters. The van der Waals surface area contributed by atoms with Gasteiger partial charge in [0.25, 0.3) is 9.70 Å². The third-order valence-corrected chi connectivity index (χ3v) is 6.39. The molecule has 0 aliphatic carbocycles. The van der Waals surface area contributed by atoms with Gasteiger partial charge in [-0.3, -0.25) is 9.59 Å². The summed E-state index contributed by atoms with van der Waals surface area (Å²) in [5.74, 6) is -1.20. The number of alkyl halides is 4. The Hall–Kier alpha value is -1.98. The second kappa shape index (κ2) is 12.3. The van der Waals surface area contributed by atoms with E-state index in [0.29, 0.717) is 11.5 Å². The van der Waals surface area contributed by atoms with Crippen LogP contribution in [0.15, 0.2) is 54.6 Å². The standard InChI is InChI=1S/C24H23Cl4NO8/c1-32-14-7-9-15(10-8-14)34-22-18(29-23(31)24(26,27)28)20(36-17(30)11-25)19-16(35-22)12-33-21(37-19)13-5-3-2-4-6-13/h2-10,16,18-22H,11-12H2,1H3,(H,29,31)/t16-,18-,19-,20-,21?,22+/m1/s1. The van der Waals surface area contributed by atoms with E-state index in [1.807, 2.05) is 30.3 Å². The lowest BCUT2D eigenvalue weighted by atomic mass is 9.95. The smallest absolute Gasteiger partial charge is 0.321 e. The molecule has 0 spiro atoms. The normalized spacial score (nSPS) is 27.5. The number of hydrogen-bond acceptors (Lipinski definition) is 8. The molecule has 1 amide bonds. The minimum absolute atomic E-state index is 0.0761. The number of ether oxygens (including phenoxy) is 6. The molecule has 2 fully saturated rings. The van der Waals surface area contributed by atoms with Gasteiger partial charge in [0.15, 0.2) is 12.4 Å². The predicted molar refractivity (Wildman–Crippen MR) is 135 cm³/mol. The summed E-state index contributed by atoms with van der Waals surface area (Å²) in [5.41, 5.74) is 0.738. The van der Waals surface area contributed by atoms with Crippen molar-refractivity contribution in [3.63, 3.8) is 0 Å². The van der Waals surface area contributed by atoms with Gasteiger partial charge in [0.05, 0.1) is 13.7 Å². The van der Waals surface area contributed by atoms with Crippen LogP contribution in [0.2, 0.25) is 0 Å². The second-order valence-corrected chi connectivity index (χ2v) is 10.6. The van der Waals surface area contributed by atoms with E-state index in [-0.39, 0.29) is 6.61 Å². The van der Waals surface area contributed by atoms with Crippen LogP contribution < -0.4 is 14.8 Å². The third-order valence-electron chi connectivity index (χ3n) is 5.65. The second-order valence-electron chi connectivity index (χ2n) is 8.10. The van der Waals surface area contributed by atoms with Crippen LogP contribution in [0.3, 0.4) is 0 Å². The highest BCUT2D eigenvalue weighted by molar-refractivity contribution is 6.76. The summed E-state index contributed by atoms with van der Waals surface area (Å²) in [5, 5.41) is 2.57. The zero-order valence-electron chi connectivity index (χ0n) is 19.4. The largest absolute Gasteiger partial charge is 0.497 e. The first-order valence-corrected chi connectivity index (χ1v) is 12.8. The number of esters is 1. The molecule has 2 heterocycles. The Labute approximate surface area is 233 Å². The molecule has 0 radical (unpaired) electrons. The molecule has 9 nitrogen and oxygen atoms in total. The molecular formula is C24H23Cl4NO8. The number of fused-ring (bicyclic) bond motifs is 1. The van der Waals surface area contributed by atoms with E-state index in [0.717, 1.165) is 5.56 Å². The van der Waals surface area contributed by atoms with Crippen LogP contribution in [0.4, 0.5) is 0 Å². The number of carbonyl (C=O) groups is 2. The number of nitrogens with one attached hydrogen (secondary N) is 1. The zero-order valence-corrected chi connectivity index (χ0v) is 22.4. The number of carbonyl (C=O) groups excluding carboxylic acids is 2. The van der Waals surface area contributed by atoms with Crippen LogP contribution in [0.1, 0.15) is 11.9 Å². The van der Waals surface area contributed by atoms with Crippen molar-refractivity contribution in [1.82, 2.24) is 5.32 Å². The molecule has 2 aromatic carbocycles. The Morgan fingerprint density at radius 3 is 2.32 bits per heavy atom. The van der Waals surface area contributed by atoms with E-state index >= 15 is 0 Å². The molecule has 1 N–H and O–H groups in total. The van der Waals surface area contributed by atoms with Crippen molar-refractivity contribution in [3.05, 3.63) is 60.2 Å². The lowest BCUT2D eigenvalue weighted by Gasteiger charge is -2.48. The summed E-state index contributed by atoms with van der Waals surface area (Å²) in [7, 11) is 1.53. The Morgan fingerprint density at radius 1 is 1.03 bits per heavy atom. The van der Waals surface area contributed by atoms with E-state index in [9.17, 15) is 9.59 Å². The van der Waals surface area contributed by atoms with Crippen molar-refractivity contribution in [1.29, 1.82) is 0 Å². The fourth-order valence-electron chi connectivity index (χ4n) is 3.95. The van der Waals surface area contributed by atoms with Gasteiger partial charge in [-0.15, -0.1) is 11.6 Å². The van der Waals surface area contributed by atoms with Crippen molar-refractivity contribution in [2.75, 3.05) is 19.6 Å². The van der Waals surface area contributed by atoms with Crippen LogP contribution in [-0.4, -0.2) is 65.9 Å². The highest BCUT2D eigenvalue weighted by atomic mass is 35.6. The van der Waals surface area contributed by atoms with Crippen molar-refractivity contribution < 1.29 is 38.0 Å². The number of hydrogen-bond donors (Lipinski definition) is 1. The van der Waals surface area contributed by atoms with Gasteiger partial charge in [-0.05, 0) is 24.3 Å². The van der Waals surface area contributed by atoms with Crippen molar-refractivity contribution in [2.45, 2.75) is 40.7 Å². The number of methoxy groups -OCH3 is 1. The summed E-state index contributed by atoms with van der Waals surface area (Å²) in [6.07, 6.45) is -4.74. The highest BCUT2D eigenvalue weighted by Crippen LogP contribution is 2.37. The predicted octanol–water partition coefficient (Wildman–Crippen LogP) is 3.92. The van der Waals surface area contributed by atoms with E-state index in [2.05, 4.69) is 5.32 Å². The van der Waals surface area contributed by atoms with Crippen molar-refractivity contribution in [2.24, 2.45) is 0 Å². The Kier molecular flexibility index (Phi) is 9.29. The van der Waals surface area contributed by atoms with Gasteiger partial charge in [0, 0.05) is 5.56 Å². The van der Waals surface area contributed by atoms with Crippen molar-refractivity contribution in [3.8, 4) is 11.5 Å². The first kappa shape index (κ1) is 28.0. The highest BCUT2D eigenvalue weighted by Gasteiger charge is 2.54. The number of halogens is 4. The van der Waals surface area contributed by atoms with Gasteiger partial charge < -0.3 is 33.7 Å². The Balaban J connectivity index is 1.66. The Morgan fingerprint density at radius 2 is 1.70 bits per heavy atom. The molecule has 37 heavy (non-hydrogen) atoms. The maximum absolute atomic E-state index is 12.7. The first-order chi connectivity index (χ1) is 17.7. The summed E-state index contributed by atoms with van der Waals surface area (Å²) >= 11 is 23.2. The maximum Gasteiger partial charge on any atom is 0.321 e. The molecule has 200 valence electrons. The van der Waals surface area contributed by atoms with Crippen molar-refractivity contribution >= 4 is 58.3 Å². The van der Waals surface area contributed by atoms with Gasteiger partial charge in [0.1, 0.15) is 35.6 Å². The van der Waals surface area contributed by atoms with Crippen LogP contribution in [0.25, 0.3) is 0 Å². The van der Waals surface area contributed by atoms with Crippen LogP contribution in [-0.2, 0) is 28.5 Å². The number of benzene rings is 2. The van der Waals surface area contributed by atoms with Crippen LogP contribution in [0, 0.1) is 0 Å². The van der Waals surface area contributed by atoms with Gasteiger partial charge >= 0.3 is 5.97 Å². The monoisotopic (exact) mass is 593 g/mol. The zero-order chi connectivity index (χ0) is 26.6. The lowest BCUT2D eigenvalue weighted by Crippen LogP contribution is -2.69. The van der Waals surface area contributed by atoms with Crippen LogP contribution in [0.5, 0.6) is 11.5 Å². The molecule has 2 saturated heterocycles. The van der Waals surface area contributed by atoms with E-state index in [4.69, 9.17) is 74.8 Å². The number of amides is 1. The Bertz CT molecular complexity index is 1070. The average Bonchev–Trinajstić information content (AvgIpc) is 2.90.